The van der Waals surface area contributed by atoms with E-state index < -0.39 is 22.6 Å². The standard InChI is InChI=1S/C34H65N3O6S/c1-22(2)30(43-44(40,41)42)12-9-23(3)26-10-11-27-32-28(21-31(39)34(26,27)5)33(4)14-13-25(19-24(33)20-29(32)38)37-18-8-17-36-16-7-6-15-35/h22-32,36-39H,6-21,35H2,1-5H3,(H,40,41,42)/t23-,24?,25+,26-,27?,28?,29-,30-,31+,32?,33+,34-/m1/s1. The number of nitrogens with two attached hydrogens (primary N) is 1. The minimum Gasteiger partial charge on any atom is -0.393 e. The van der Waals surface area contributed by atoms with Crippen LogP contribution in [0.4, 0.5) is 0 Å². The van der Waals surface area contributed by atoms with Gasteiger partial charge in [-0.1, -0.05) is 34.6 Å². The highest BCUT2D eigenvalue weighted by Gasteiger charge is 2.65. The molecule has 0 bridgehead atoms. The first-order chi connectivity index (χ1) is 20.7. The molecule has 4 aliphatic carbocycles. The van der Waals surface area contributed by atoms with Crippen molar-refractivity contribution in [2.45, 2.75) is 136 Å². The minimum atomic E-state index is -4.50. The van der Waals surface area contributed by atoms with Crippen LogP contribution in [0.5, 0.6) is 0 Å². The van der Waals surface area contributed by atoms with Gasteiger partial charge in [0.2, 0.25) is 0 Å². The van der Waals surface area contributed by atoms with Crippen molar-refractivity contribution in [1.82, 2.24) is 10.6 Å². The van der Waals surface area contributed by atoms with Crippen LogP contribution in [0.25, 0.3) is 0 Å². The van der Waals surface area contributed by atoms with Gasteiger partial charge in [0.1, 0.15) is 0 Å². The lowest BCUT2D eigenvalue weighted by molar-refractivity contribution is -0.202. The molecular weight excluding hydrogens is 578 g/mol. The molecule has 4 saturated carbocycles. The van der Waals surface area contributed by atoms with Crippen LogP contribution in [0.2, 0.25) is 0 Å². The van der Waals surface area contributed by atoms with Crippen LogP contribution in [-0.2, 0) is 14.6 Å². The number of hydrogen-bond donors (Lipinski definition) is 6. The van der Waals surface area contributed by atoms with Crippen molar-refractivity contribution in [3.63, 3.8) is 0 Å². The van der Waals surface area contributed by atoms with Crippen molar-refractivity contribution in [2.24, 2.45) is 58.0 Å². The van der Waals surface area contributed by atoms with Crippen molar-refractivity contribution >= 4 is 10.4 Å². The van der Waals surface area contributed by atoms with Gasteiger partial charge in [0.05, 0.1) is 18.3 Å². The Hall–Kier alpha value is -0.330. The monoisotopic (exact) mass is 643 g/mol. The summed E-state index contributed by atoms with van der Waals surface area (Å²) in [7, 11) is -4.50. The highest BCUT2D eigenvalue weighted by molar-refractivity contribution is 7.80. The van der Waals surface area contributed by atoms with E-state index in [1.54, 1.807) is 0 Å². The van der Waals surface area contributed by atoms with Crippen LogP contribution in [0.1, 0.15) is 112 Å². The molecule has 258 valence electrons. The lowest BCUT2D eigenvalue weighted by atomic mass is 9.43. The van der Waals surface area contributed by atoms with Gasteiger partial charge in [0.15, 0.2) is 0 Å². The average molecular weight is 644 g/mol. The van der Waals surface area contributed by atoms with E-state index in [0.717, 1.165) is 96.8 Å². The fourth-order valence-corrected chi connectivity index (χ4v) is 11.3. The van der Waals surface area contributed by atoms with E-state index in [1.807, 2.05) is 13.8 Å². The maximum absolute atomic E-state index is 11.9. The molecule has 0 aromatic heterocycles. The maximum atomic E-state index is 11.9. The van der Waals surface area contributed by atoms with Gasteiger partial charge >= 0.3 is 10.4 Å². The van der Waals surface area contributed by atoms with Crippen molar-refractivity contribution in [3.8, 4) is 0 Å². The number of fused-ring (bicyclic) bond motifs is 5. The van der Waals surface area contributed by atoms with Crippen LogP contribution < -0.4 is 16.4 Å². The highest BCUT2D eigenvalue weighted by atomic mass is 32.3. The lowest BCUT2D eigenvalue weighted by Gasteiger charge is -2.64. The first-order valence-corrected chi connectivity index (χ1v) is 19.2. The molecule has 7 N–H and O–H groups in total. The number of rotatable bonds is 16. The van der Waals surface area contributed by atoms with Crippen LogP contribution in [-0.4, -0.2) is 73.7 Å². The summed E-state index contributed by atoms with van der Waals surface area (Å²) < 4.78 is 37.1. The molecule has 0 saturated heterocycles. The zero-order chi connectivity index (χ0) is 32.3. The summed E-state index contributed by atoms with van der Waals surface area (Å²) in [5, 5.41) is 31.1. The van der Waals surface area contributed by atoms with Gasteiger partial charge in [0, 0.05) is 6.04 Å². The SMILES string of the molecule is CC(C)[C@@H](CC[C@@H](C)[C@H]1CCC2C3C(C[C@H](O)[C@@]21C)[C@@]1(C)CC[C@H](NCCCNCCCCN)CC1C[C@H]3O)OS(=O)(=O)O. The Morgan fingerprint density at radius 3 is 2.34 bits per heavy atom. The number of aliphatic hydroxyl groups is 2. The van der Waals surface area contributed by atoms with Crippen molar-refractivity contribution in [3.05, 3.63) is 0 Å². The number of unbranched alkanes of at least 4 members (excludes halogenated alkanes) is 1. The molecule has 0 radical (unpaired) electrons. The zero-order valence-corrected chi connectivity index (χ0v) is 29.0. The highest BCUT2D eigenvalue weighted by Crippen LogP contribution is 2.68. The van der Waals surface area contributed by atoms with Gasteiger partial charge in [-0.2, -0.15) is 8.42 Å². The van der Waals surface area contributed by atoms with Crippen molar-refractivity contribution in [2.75, 3.05) is 26.2 Å². The summed E-state index contributed by atoms with van der Waals surface area (Å²) in [4.78, 5) is 0. The largest absolute Gasteiger partial charge is 0.397 e. The molecule has 4 unspecified atom stereocenters. The first-order valence-electron chi connectivity index (χ1n) is 17.9. The molecule has 44 heavy (non-hydrogen) atoms. The number of aliphatic hydroxyl groups excluding tert-OH is 2. The molecular formula is C34H65N3O6S. The van der Waals surface area contributed by atoms with Crippen LogP contribution in [0.15, 0.2) is 0 Å². The quantitative estimate of drug-likeness (QED) is 0.105. The maximum Gasteiger partial charge on any atom is 0.397 e. The van der Waals surface area contributed by atoms with E-state index in [9.17, 15) is 23.2 Å². The molecule has 10 heteroatoms. The zero-order valence-electron chi connectivity index (χ0n) is 28.2. The van der Waals surface area contributed by atoms with Crippen LogP contribution >= 0.6 is 0 Å². The van der Waals surface area contributed by atoms with Crippen molar-refractivity contribution in [1.29, 1.82) is 0 Å². The predicted molar refractivity (Wildman–Crippen MR) is 175 cm³/mol. The second kappa shape index (κ2) is 15.3. The lowest BCUT2D eigenvalue weighted by Crippen LogP contribution is -2.62. The fourth-order valence-electron chi connectivity index (χ4n) is 10.7. The summed E-state index contributed by atoms with van der Waals surface area (Å²) >= 11 is 0. The van der Waals surface area contributed by atoms with E-state index in [-0.39, 0.29) is 34.7 Å². The van der Waals surface area contributed by atoms with E-state index in [2.05, 4.69) is 31.4 Å². The Morgan fingerprint density at radius 1 is 0.932 bits per heavy atom. The molecule has 0 spiro atoms. The topological polar surface area (TPSA) is 154 Å². The summed E-state index contributed by atoms with van der Waals surface area (Å²) in [6, 6.07) is 0.504. The normalized spacial score (nSPS) is 40.3. The Bertz CT molecular complexity index is 1010. The van der Waals surface area contributed by atoms with E-state index >= 15 is 0 Å². The summed E-state index contributed by atoms with van der Waals surface area (Å²) in [6.45, 7) is 14.6. The van der Waals surface area contributed by atoms with Gasteiger partial charge in [0.25, 0.3) is 0 Å². The molecule has 0 aromatic carbocycles. The van der Waals surface area contributed by atoms with E-state index in [4.69, 9.17) is 9.92 Å². The van der Waals surface area contributed by atoms with Gasteiger partial charge in [-0.05, 0) is 155 Å². The number of nitrogens with one attached hydrogen (secondary N) is 2. The molecule has 4 aliphatic rings. The second-order valence-corrected chi connectivity index (χ2v) is 17.0. The molecule has 4 rings (SSSR count). The summed E-state index contributed by atoms with van der Waals surface area (Å²) in [6.07, 6.45) is 10.5. The summed E-state index contributed by atoms with van der Waals surface area (Å²) in [5.74, 6) is 1.86. The van der Waals surface area contributed by atoms with E-state index in [0.29, 0.717) is 36.1 Å². The third kappa shape index (κ3) is 8.03. The first kappa shape index (κ1) is 36.5. The molecule has 0 amide bonds. The van der Waals surface area contributed by atoms with Gasteiger partial charge in [-0.15, -0.1) is 0 Å². The third-order valence-corrected chi connectivity index (χ3v) is 13.7. The molecule has 9 nitrogen and oxygen atoms in total. The van der Waals surface area contributed by atoms with Crippen LogP contribution in [0, 0.1) is 52.3 Å². The van der Waals surface area contributed by atoms with Crippen molar-refractivity contribution < 1.29 is 27.4 Å². The van der Waals surface area contributed by atoms with Gasteiger partial charge in [-0.25, -0.2) is 4.18 Å². The molecule has 12 atom stereocenters. The second-order valence-electron chi connectivity index (χ2n) is 16.0. The molecule has 0 heterocycles. The number of hydrogen-bond acceptors (Lipinski definition) is 8. The van der Waals surface area contributed by atoms with Crippen LogP contribution in [0.3, 0.4) is 0 Å². The minimum absolute atomic E-state index is 0.0398. The smallest absolute Gasteiger partial charge is 0.393 e. The Kier molecular flexibility index (Phi) is 12.7. The predicted octanol–water partition coefficient (Wildman–Crippen LogP) is 4.52. The Labute approximate surface area is 268 Å². The molecule has 4 fully saturated rings. The third-order valence-electron chi connectivity index (χ3n) is 13.2. The Balaban J connectivity index is 1.35. The average Bonchev–Trinajstić information content (AvgIpc) is 3.31. The Morgan fingerprint density at radius 2 is 1.66 bits per heavy atom. The van der Waals surface area contributed by atoms with Gasteiger partial charge in [-0.3, -0.25) is 4.55 Å². The molecule has 0 aromatic rings. The summed E-state index contributed by atoms with van der Waals surface area (Å²) in [5.41, 5.74) is 5.46. The molecule has 0 aliphatic heterocycles. The van der Waals surface area contributed by atoms with E-state index in [1.165, 1.54) is 0 Å². The fraction of sp³-hybridized carbons (Fsp3) is 1.00. The van der Waals surface area contributed by atoms with Gasteiger partial charge < -0.3 is 26.6 Å².